The summed E-state index contributed by atoms with van der Waals surface area (Å²) in [7, 11) is 1.32. The summed E-state index contributed by atoms with van der Waals surface area (Å²) < 4.78 is 20.7. The number of ether oxygens (including phenoxy) is 1. The Kier molecular flexibility index (Phi) is 7.92. The molecule has 0 saturated carbocycles. The predicted octanol–water partition coefficient (Wildman–Crippen LogP) is 2.90. The van der Waals surface area contributed by atoms with Crippen molar-refractivity contribution < 1.29 is 19.0 Å². The van der Waals surface area contributed by atoms with Crippen molar-refractivity contribution in [1.29, 1.82) is 5.41 Å². The largest absolute Gasteiger partial charge is 0.396 e. The number of carbonyl (C=O) groups is 1. The number of hydrogen-bond acceptors (Lipinski definition) is 4. The Morgan fingerprint density at radius 3 is 2.57 bits per heavy atom. The molecular formula is C20H23ClFN3O3. The fraction of sp³-hybridized carbons (Fsp3) is 0.300. The first-order valence-corrected chi connectivity index (χ1v) is 9.04. The van der Waals surface area contributed by atoms with Gasteiger partial charge in [-0.15, -0.1) is 0 Å². The van der Waals surface area contributed by atoms with Gasteiger partial charge in [0.15, 0.2) is 6.10 Å². The zero-order valence-electron chi connectivity index (χ0n) is 15.5. The molecule has 4 N–H and O–H groups in total. The fourth-order valence-corrected chi connectivity index (χ4v) is 3.09. The molecule has 6 nitrogen and oxygen atoms in total. The first-order chi connectivity index (χ1) is 13.4. The molecule has 0 radical (unpaired) electrons. The van der Waals surface area contributed by atoms with E-state index >= 15 is 0 Å². The summed E-state index contributed by atoms with van der Waals surface area (Å²) >= 11 is 6.17. The van der Waals surface area contributed by atoms with Crippen LogP contribution in [0, 0.1) is 11.2 Å². The summed E-state index contributed by atoms with van der Waals surface area (Å²) in [6.45, 7) is 0.0261. The number of halogens is 2. The van der Waals surface area contributed by atoms with Gasteiger partial charge in [0.1, 0.15) is 11.7 Å². The lowest BCUT2D eigenvalue weighted by Gasteiger charge is -2.23. The number of methoxy groups -OCH3 is 1. The molecule has 0 aliphatic carbocycles. The Hall–Kier alpha value is -2.48. The third-order valence-corrected chi connectivity index (χ3v) is 4.58. The lowest BCUT2D eigenvalue weighted by atomic mass is 9.97. The van der Waals surface area contributed by atoms with Gasteiger partial charge in [-0.3, -0.25) is 10.2 Å². The zero-order chi connectivity index (χ0) is 20.7. The number of rotatable bonds is 9. The van der Waals surface area contributed by atoms with Gasteiger partial charge in [-0.25, -0.2) is 8.81 Å². The van der Waals surface area contributed by atoms with E-state index in [2.05, 4.69) is 0 Å². The minimum absolute atomic E-state index is 0.0422. The number of hydrogen-bond donors (Lipinski definition) is 3. The topological polar surface area (TPSA) is 99.6 Å². The normalized spacial score (nSPS) is 11.9. The Labute approximate surface area is 168 Å². The summed E-state index contributed by atoms with van der Waals surface area (Å²) in [5.74, 6) is -1.22. The van der Waals surface area contributed by atoms with Crippen LogP contribution in [0.4, 0.5) is 4.39 Å². The molecule has 2 rings (SSSR count). The number of nitrogen functional groups attached to an aromatic ring is 1. The van der Waals surface area contributed by atoms with Crippen LogP contribution in [0.5, 0.6) is 0 Å². The quantitative estimate of drug-likeness (QED) is 0.338. The average molecular weight is 408 g/mol. The first-order valence-electron chi connectivity index (χ1n) is 8.70. The van der Waals surface area contributed by atoms with Crippen LogP contribution < -0.4 is 5.73 Å². The van der Waals surface area contributed by atoms with E-state index in [0.29, 0.717) is 24.0 Å². The highest BCUT2D eigenvalue weighted by Crippen LogP contribution is 2.28. The summed E-state index contributed by atoms with van der Waals surface area (Å²) in [6, 6.07) is 11.2. The van der Waals surface area contributed by atoms with E-state index in [1.807, 2.05) is 0 Å². The van der Waals surface area contributed by atoms with Gasteiger partial charge in [0.05, 0.1) is 6.54 Å². The van der Waals surface area contributed by atoms with Crippen LogP contribution in [0.1, 0.15) is 34.8 Å². The molecule has 0 aromatic heterocycles. The summed E-state index contributed by atoms with van der Waals surface area (Å²) in [5, 5.41) is 16.5. The summed E-state index contributed by atoms with van der Waals surface area (Å²) in [5.41, 5.74) is 7.42. The van der Waals surface area contributed by atoms with Gasteiger partial charge in [-0.1, -0.05) is 36.4 Å². The average Bonchev–Trinajstić information content (AvgIpc) is 2.68. The molecule has 0 saturated heterocycles. The number of carbonyl (C=O) groups excluding carboxylic acids is 1. The maximum absolute atomic E-state index is 14.5. The van der Waals surface area contributed by atoms with Crippen LogP contribution in [0.25, 0.3) is 0 Å². The second-order valence-corrected chi connectivity index (χ2v) is 6.63. The number of aliphatic hydroxyl groups is 1. The number of amides is 1. The number of benzene rings is 2. The van der Waals surface area contributed by atoms with Gasteiger partial charge in [-0.2, -0.15) is 0 Å². The molecule has 8 heteroatoms. The molecule has 1 atom stereocenters. The Balaban J connectivity index is 2.22. The van der Waals surface area contributed by atoms with Gasteiger partial charge < -0.3 is 15.6 Å². The first kappa shape index (κ1) is 21.8. The molecular weight excluding hydrogens is 385 g/mol. The van der Waals surface area contributed by atoms with Crippen LogP contribution >= 0.6 is 11.8 Å². The van der Waals surface area contributed by atoms with Crippen molar-refractivity contribution in [2.45, 2.75) is 25.5 Å². The highest BCUT2D eigenvalue weighted by molar-refractivity contribution is 6.21. The van der Waals surface area contributed by atoms with Gasteiger partial charge in [-0.05, 0) is 30.0 Å². The summed E-state index contributed by atoms with van der Waals surface area (Å²) in [4.78, 5) is 12.8. The Bertz CT molecular complexity index is 830. The Morgan fingerprint density at radius 1 is 1.32 bits per heavy atom. The Morgan fingerprint density at radius 2 is 2.00 bits per heavy atom. The molecule has 0 aliphatic heterocycles. The van der Waals surface area contributed by atoms with Crippen LogP contribution in [0.15, 0.2) is 42.5 Å². The molecule has 2 aromatic carbocycles. The van der Waals surface area contributed by atoms with Crippen LogP contribution in [-0.4, -0.2) is 35.0 Å². The smallest absolute Gasteiger partial charge is 0.271 e. The van der Waals surface area contributed by atoms with Crippen molar-refractivity contribution in [3.05, 3.63) is 70.5 Å². The van der Waals surface area contributed by atoms with E-state index < -0.39 is 17.8 Å². The fourth-order valence-electron chi connectivity index (χ4n) is 2.86. The number of aliphatic hydroxyl groups excluding tert-OH is 1. The van der Waals surface area contributed by atoms with E-state index in [9.17, 15) is 9.18 Å². The molecule has 0 aliphatic rings. The van der Waals surface area contributed by atoms with Crippen molar-refractivity contribution in [3.63, 3.8) is 0 Å². The molecule has 1 amide bonds. The molecule has 0 heterocycles. The number of nitrogens with zero attached hydrogens (tertiary/aromatic N) is 1. The number of aryl methyl sites for hydroxylation is 1. The SMILES string of the molecule is COC(C(=O)N(Cl)Cc1ccc(C(=N)N)cc1)c1c(F)cccc1CCCO. The van der Waals surface area contributed by atoms with Crippen molar-refractivity contribution in [2.24, 2.45) is 5.73 Å². The minimum Gasteiger partial charge on any atom is -0.396 e. The zero-order valence-corrected chi connectivity index (χ0v) is 16.2. The van der Waals surface area contributed by atoms with Crippen molar-refractivity contribution in [2.75, 3.05) is 13.7 Å². The standard InChI is InChI=1S/C20H23ClFN3O3/c1-28-18(17-14(5-3-11-26)4-2-6-16(17)22)20(27)25(21)12-13-7-9-15(10-8-13)19(23)24/h2,4,6-10,18,26H,3,5,11-12H2,1H3,(H3,23,24). The molecule has 0 fully saturated rings. The predicted molar refractivity (Wildman–Crippen MR) is 105 cm³/mol. The molecule has 0 spiro atoms. The maximum atomic E-state index is 14.5. The van der Waals surface area contributed by atoms with E-state index in [1.165, 1.54) is 13.2 Å². The van der Waals surface area contributed by atoms with Gasteiger partial charge in [0.2, 0.25) is 0 Å². The highest BCUT2D eigenvalue weighted by atomic mass is 35.5. The van der Waals surface area contributed by atoms with Crippen molar-refractivity contribution in [1.82, 2.24) is 4.42 Å². The second-order valence-electron chi connectivity index (χ2n) is 6.22. The molecule has 1 unspecified atom stereocenters. The van der Waals surface area contributed by atoms with E-state index in [0.717, 1.165) is 9.98 Å². The lowest BCUT2D eigenvalue weighted by molar-refractivity contribution is -0.138. The molecule has 28 heavy (non-hydrogen) atoms. The third kappa shape index (κ3) is 5.28. The highest BCUT2D eigenvalue weighted by Gasteiger charge is 2.29. The van der Waals surface area contributed by atoms with Gasteiger partial charge in [0, 0.05) is 36.6 Å². The van der Waals surface area contributed by atoms with Crippen LogP contribution in [0.3, 0.4) is 0 Å². The third-order valence-electron chi connectivity index (χ3n) is 4.30. The number of nitrogens with two attached hydrogens (primary N) is 1. The van der Waals surface area contributed by atoms with E-state index in [1.54, 1.807) is 36.4 Å². The van der Waals surface area contributed by atoms with Crippen molar-refractivity contribution >= 4 is 23.5 Å². The molecule has 150 valence electrons. The monoisotopic (exact) mass is 407 g/mol. The van der Waals surface area contributed by atoms with Gasteiger partial charge >= 0.3 is 0 Å². The summed E-state index contributed by atoms with van der Waals surface area (Å²) in [6.07, 6.45) is -0.358. The molecule has 2 aromatic rings. The van der Waals surface area contributed by atoms with E-state index in [-0.39, 0.29) is 24.6 Å². The van der Waals surface area contributed by atoms with Crippen LogP contribution in [0.2, 0.25) is 0 Å². The molecule has 0 bridgehead atoms. The van der Waals surface area contributed by atoms with Gasteiger partial charge in [0.25, 0.3) is 5.91 Å². The van der Waals surface area contributed by atoms with Crippen molar-refractivity contribution in [3.8, 4) is 0 Å². The van der Waals surface area contributed by atoms with Crippen LogP contribution in [-0.2, 0) is 22.5 Å². The minimum atomic E-state index is -1.20. The second kappa shape index (κ2) is 10.2. The number of nitrogens with one attached hydrogen (secondary N) is 1. The maximum Gasteiger partial charge on any atom is 0.271 e. The van der Waals surface area contributed by atoms with E-state index in [4.69, 9.17) is 32.8 Å². The number of amidine groups is 1. The lowest BCUT2D eigenvalue weighted by Crippen LogP contribution is -2.29.